The zero-order chi connectivity index (χ0) is 20.1. The molecule has 0 aliphatic heterocycles. The van der Waals surface area contributed by atoms with E-state index in [-0.39, 0.29) is 11.3 Å². The third-order valence-electron chi connectivity index (χ3n) is 3.67. The molecule has 1 atom stereocenters. The minimum absolute atomic E-state index is 0.117. The summed E-state index contributed by atoms with van der Waals surface area (Å²) in [6, 6.07) is 14.5. The molecule has 1 N–H and O–H groups in total. The number of carbonyl (C=O) groups is 1. The van der Waals surface area contributed by atoms with Crippen molar-refractivity contribution in [2.75, 3.05) is 6.26 Å². The lowest BCUT2D eigenvalue weighted by Gasteiger charge is -2.04. The molecule has 0 saturated carbocycles. The normalized spacial score (nSPS) is 12.4. The van der Waals surface area contributed by atoms with Gasteiger partial charge < -0.3 is 5.11 Å². The first-order valence-electron chi connectivity index (χ1n) is 8.12. The molecular formula is C21H15ClN2O3S. The van der Waals surface area contributed by atoms with Crippen LogP contribution in [-0.2, 0) is 9.73 Å². The van der Waals surface area contributed by atoms with Crippen molar-refractivity contribution in [3.8, 4) is 17.6 Å². The third-order valence-corrected chi connectivity index (χ3v) is 5.55. The Hall–Kier alpha value is -3.14. The minimum atomic E-state index is -2.95. The Morgan fingerprint density at radius 2 is 1.82 bits per heavy atom. The maximum absolute atomic E-state index is 12.8. The second-order valence-corrected chi connectivity index (χ2v) is 8.61. The molecule has 0 radical (unpaired) electrons. The Kier molecular flexibility index (Phi) is 5.78. The summed E-state index contributed by atoms with van der Waals surface area (Å²) >= 11 is 5.93. The van der Waals surface area contributed by atoms with E-state index >= 15 is 0 Å². The van der Waals surface area contributed by atoms with E-state index < -0.39 is 15.6 Å². The van der Waals surface area contributed by atoms with E-state index in [0.29, 0.717) is 21.0 Å². The van der Waals surface area contributed by atoms with E-state index in [9.17, 15) is 14.1 Å². The van der Waals surface area contributed by atoms with E-state index in [1.54, 1.807) is 36.4 Å². The van der Waals surface area contributed by atoms with Crippen LogP contribution >= 0.6 is 11.6 Å². The van der Waals surface area contributed by atoms with Crippen molar-refractivity contribution < 1.29 is 14.1 Å². The Labute approximate surface area is 168 Å². The zero-order valence-electron chi connectivity index (χ0n) is 14.8. The highest BCUT2D eigenvalue weighted by Gasteiger charge is 2.12. The van der Waals surface area contributed by atoms with Gasteiger partial charge in [-0.2, -0.15) is 4.36 Å². The number of phenolic OH excluding ortho intramolecular Hbond substituents is 1. The number of hydrogen-bond acceptors (Lipinski definition) is 4. The van der Waals surface area contributed by atoms with Gasteiger partial charge in [-0.05, 0) is 42.5 Å². The number of amides is 1. The average Bonchev–Trinajstić information content (AvgIpc) is 2.66. The van der Waals surface area contributed by atoms with Crippen molar-refractivity contribution in [1.82, 2.24) is 4.98 Å². The van der Waals surface area contributed by atoms with Crippen molar-refractivity contribution >= 4 is 27.2 Å². The van der Waals surface area contributed by atoms with E-state index in [1.165, 1.54) is 36.8 Å². The average molecular weight is 411 g/mol. The number of aromatic nitrogens is 1. The van der Waals surface area contributed by atoms with Gasteiger partial charge in [0.1, 0.15) is 5.75 Å². The maximum atomic E-state index is 12.8. The summed E-state index contributed by atoms with van der Waals surface area (Å²) < 4.78 is 16.7. The topological polar surface area (TPSA) is 79.6 Å². The van der Waals surface area contributed by atoms with Crippen LogP contribution in [0.1, 0.15) is 21.5 Å². The summed E-state index contributed by atoms with van der Waals surface area (Å²) in [5.41, 5.74) is 1.30. The monoisotopic (exact) mass is 410 g/mol. The summed E-state index contributed by atoms with van der Waals surface area (Å²) in [5.74, 6) is 5.23. The van der Waals surface area contributed by atoms with Crippen LogP contribution in [0.3, 0.4) is 0 Å². The molecule has 2 aromatic carbocycles. The SMILES string of the molecule is CS(=O)(=NC(=O)c1cncc(C#Cc2cccc(O)c2)c1)c1cccc(Cl)c1. The number of nitrogens with zero attached hydrogens (tertiary/aromatic N) is 2. The summed E-state index contributed by atoms with van der Waals surface area (Å²) in [5, 5.41) is 9.89. The van der Waals surface area contributed by atoms with Gasteiger partial charge in [-0.1, -0.05) is 35.6 Å². The van der Waals surface area contributed by atoms with E-state index in [2.05, 4.69) is 21.2 Å². The van der Waals surface area contributed by atoms with Crippen LogP contribution < -0.4 is 0 Å². The lowest BCUT2D eigenvalue weighted by atomic mass is 10.1. The molecule has 0 saturated heterocycles. The number of rotatable bonds is 2. The van der Waals surface area contributed by atoms with Crippen molar-refractivity contribution in [2.45, 2.75) is 4.90 Å². The van der Waals surface area contributed by atoms with Crippen LogP contribution in [0.4, 0.5) is 0 Å². The molecular weight excluding hydrogens is 396 g/mol. The molecule has 28 heavy (non-hydrogen) atoms. The number of halogens is 1. The fourth-order valence-electron chi connectivity index (χ4n) is 2.32. The summed E-state index contributed by atoms with van der Waals surface area (Å²) in [7, 11) is -2.95. The lowest BCUT2D eigenvalue weighted by molar-refractivity contribution is 0.100. The highest BCUT2D eigenvalue weighted by molar-refractivity contribution is 7.93. The molecule has 1 heterocycles. The fraction of sp³-hybridized carbons (Fsp3) is 0.0476. The molecule has 7 heteroatoms. The van der Waals surface area contributed by atoms with Crippen molar-refractivity contribution in [3.05, 3.63) is 88.7 Å². The van der Waals surface area contributed by atoms with Gasteiger partial charge in [0, 0.05) is 39.7 Å². The molecule has 0 fully saturated rings. The van der Waals surface area contributed by atoms with Gasteiger partial charge >= 0.3 is 0 Å². The number of carbonyl (C=O) groups excluding carboxylic acids is 1. The summed E-state index contributed by atoms with van der Waals surface area (Å²) in [4.78, 5) is 16.9. The molecule has 0 aliphatic rings. The molecule has 3 rings (SSSR count). The smallest absolute Gasteiger partial charge is 0.286 e. The number of benzene rings is 2. The molecule has 0 aliphatic carbocycles. The second-order valence-electron chi connectivity index (χ2n) is 5.92. The van der Waals surface area contributed by atoms with E-state index in [4.69, 9.17) is 11.6 Å². The quantitative estimate of drug-likeness (QED) is 0.644. The van der Waals surface area contributed by atoms with Crippen LogP contribution in [0.15, 0.2) is 76.2 Å². The van der Waals surface area contributed by atoms with Gasteiger partial charge in [0.15, 0.2) is 0 Å². The second kappa shape index (κ2) is 8.26. The number of aromatic hydroxyl groups is 1. The fourth-order valence-corrected chi connectivity index (χ4v) is 3.78. The van der Waals surface area contributed by atoms with Crippen LogP contribution in [-0.4, -0.2) is 26.5 Å². The first-order valence-corrected chi connectivity index (χ1v) is 10.4. The van der Waals surface area contributed by atoms with Gasteiger partial charge in [-0.15, -0.1) is 0 Å². The molecule has 3 aromatic rings. The molecule has 0 bridgehead atoms. The largest absolute Gasteiger partial charge is 0.508 e. The van der Waals surface area contributed by atoms with Crippen LogP contribution in [0.25, 0.3) is 0 Å². The molecule has 140 valence electrons. The molecule has 1 unspecified atom stereocenters. The predicted octanol–water partition coefficient (Wildman–Crippen LogP) is 4.14. The van der Waals surface area contributed by atoms with Crippen LogP contribution in [0.2, 0.25) is 5.02 Å². The minimum Gasteiger partial charge on any atom is -0.508 e. The molecule has 5 nitrogen and oxygen atoms in total. The maximum Gasteiger partial charge on any atom is 0.286 e. The first-order chi connectivity index (χ1) is 13.3. The summed E-state index contributed by atoms with van der Waals surface area (Å²) in [6.45, 7) is 0. The predicted molar refractivity (Wildman–Crippen MR) is 109 cm³/mol. The molecule has 1 aromatic heterocycles. The van der Waals surface area contributed by atoms with Gasteiger partial charge in [-0.3, -0.25) is 9.78 Å². The van der Waals surface area contributed by atoms with Gasteiger partial charge in [0.05, 0.1) is 15.3 Å². The van der Waals surface area contributed by atoms with Crippen molar-refractivity contribution in [1.29, 1.82) is 0 Å². The lowest BCUT2D eigenvalue weighted by Crippen LogP contribution is -2.04. The Balaban J connectivity index is 1.90. The number of pyridine rings is 1. The Bertz CT molecular complexity index is 1240. The molecule has 0 spiro atoms. The van der Waals surface area contributed by atoms with Gasteiger partial charge in [0.2, 0.25) is 0 Å². The summed E-state index contributed by atoms with van der Waals surface area (Å²) in [6.07, 6.45) is 4.24. The van der Waals surface area contributed by atoms with Gasteiger partial charge in [-0.25, -0.2) is 4.21 Å². The van der Waals surface area contributed by atoms with Gasteiger partial charge in [0.25, 0.3) is 5.91 Å². The third kappa shape index (κ3) is 4.97. The number of hydrogen-bond donors (Lipinski definition) is 1. The van der Waals surface area contributed by atoms with E-state index in [1.807, 2.05) is 0 Å². The molecule has 1 amide bonds. The Morgan fingerprint density at radius 3 is 2.57 bits per heavy atom. The van der Waals surface area contributed by atoms with Crippen molar-refractivity contribution in [3.63, 3.8) is 0 Å². The Morgan fingerprint density at radius 1 is 1.07 bits per heavy atom. The van der Waals surface area contributed by atoms with E-state index in [0.717, 1.165) is 0 Å². The highest BCUT2D eigenvalue weighted by atomic mass is 35.5. The van der Waals surface area contributed by atoms with Crippen LogP contribution in [0, 0.1) is 11.8 Å². The standard InChI is InChI=1S/C21H15ClN2O3S/c1-28(27,20-7-3-5-18(22)12-20)24-21(26)17-10-16(13-23-14-17)9-8-15-4-2-6-19(25)11-15/h2-7,10-14,25H,1H3. The first kappa shape index (κ1) is 19.6. The van der Waals surface area contributed by atoms with Crippen LogP contribution in [0.5, 0.6) is 5.75 Å². The number of phenols is 1. The highest BCUT2D eigenvalue weighted by Crippen LogP contribution is 2.18. The van der Waals surface area contributed by atoms with Crippen molar-refractivity contribution in [2.24, 2.45) is 4.36 Å². The zero-order valence-corrected chi connectivity index (χ0v) is 16.4.